The summed E-state index contributed by atoms with van der Waals surface area (Å²) in [4.78, 5) is 7.99. The summed E-state index contributed by atoms with van der Waals surface area (Å²) >= 11 is 0. The minimum absolute atomic E-state index is 1.09. The molecule has 0 saturated carbocycles. The Morgan fingerprint density at radius 3 is 2.00 bits per heavy atom. The maximum Gasteiger partial charge on any atom is 0.0375 e. The molecule has 0 aliphatic heterocycles. The van der Waals surface area contributed by atoms with Crippen LogP contribution in [0.5, 0.6) is 0 Å². The molecule has 2 heteroatoms. The molecule has 2 nitrogen and oxygen atoms in total. The molecule has 0 aliphatic carbocycles. The van der Waals surface area contributed by atoms with E-state index in [0.29, 0.717) is 0 Å². The van der Waals surface area contributed by atoms with Crippen molar-refractivity contribution in [3.8, 4) is 0 Å². The lowest BCUT2D eigenvalue weighted by Gasteiger charge is -1.92. The van der Waals surface area contributed by atoms with Crippen molar-refractivity contribution in [1.82, 2.24) is 9.97 Å². The van der Waals surface area contributed by atoms with Crippen LogP contribution in [-0.2, 0) is 0 Å². The van der Waals surface area contributed by atoms with Gasteiger partial charge >= 0.3 is 0 Å². The van der Waals surface area contributed by atoms with Crippen LogP contribution in [-0.4, -0.2) is 9.97 Å². The average molecular weight is 214 g/mol. The fourth-order valence-electron chi connectivity index (χ4n) is 1.23. The van der Waals surface area contributed by atoms with E-state index in [0.717, 1.165) is 5.69 Å². The summed E-state index contributed by atoms with van der Waals surface area (Å²) < 4.78 is 0. The second-order valence-corrected chi connectivity index (χ2v) is 3.93. The van der Waals surface area contributed by atoms with Gasteiger partial charge in [-0.2, -0.15) is 0 Å². The van der Waals surface area contributed by atoms with Gasteiger partial charge in [0.15, 0.2) is 0 Å². The molecule has 0 radical (unpaired) electrons. The van der Waals surface area contributed by atoms with E-state index in [4.69, 9.17) is 0 Å². The Bertz CT molecular complexity index is 412. The molecule has 2 rings (SSSR count). The molecule has 2 aromatic rings. The van der Waals surface area contributed by atoms with Crippen molar-refractivity contribution in [3.63, 3.8) is 0 Å². The van der Waals surface area contributed by atoms with Crippen LogP contribution in [0.4, 0.5) is 0 Å². The maximum atomic E-state index is 4.04. The molecule has 0 amide bonds. The Morgan fingerprint density at radius 2 is 1.62 bits per heavy atom. The van der Waals surface area contributed by atoms with Crippen molar-refractivity contribution in [2.45, 2.75) is 27.7 Å². The highest BCUT2D eigenvalue weighted by molar-refractivity contribution is 5.18. The van der Waals surface area contributed by atoms with Gasteiger partial charge < -0.3 is 0 Å². The third-order valence-corrected chi connectivity index (χ3v) is 2.35. The predicted octanol–water partition coefficient (Wildman–Crippen LogP) is 3.40. The van der Waals surface area contributed by atoms with Gasteiger partial charge in [0.25, 0.3) is 0 Å². The lowest BCUT2D eigenvalue weighted by Crippen LogP contribution is -1.78. The summed E-state index contributed by atoms with van der Waals surface area (Å²) in [5.74, 6) is 0. The number of hydrogen-bond donors (Lipinski definition) is 0. The molecular formula is C14H18N2. The standard InChI is InChI=1S/2C7H9N/c1-6-3-4-8-5-7(6)2;1-6-3-4-8-7(2)5-6/h2*3-5H,1-2H3. The monoisotopic (exact) mass is 214 g/mol. The Balaban J connectivity index is 0.000000160. The zero-order chi connectivity index (χ0) is 12.0. The van der Waals surface area contributed by atoms with Crippen molar-refractivity contribution < 1.29 is 0 Å². The predicted molar refractivity (Wildman–Crippen MR) is 67.4 cm³/mol. The zero-order valence-corrected chi connectivity index (χ0v) is 10.4. The number of nitrogens with zero attached hydrogens (tertiary/aromatic N) is 2. The second-order valence-electron chi connectivity index (χ2n) is 3.93. The minimum atomic E-state index is 1.09. The molecule has 0 fully saturated rings. The fourth-order valence-corrected chi connectivity index (χ4v) is 1.23. The van der Waals surface area contributed by atoms with E-state index in [9.17, 15) is 0 Å². The molecule has 0 aliphatic rings. The summed E-state index contributed by atoms with van der Waals surface area (Å²) in [6, 6.07) is 6.06. The van der Waals surface area contributed by atoms with E-state index < -0.39 is 0 Å². The molecular weight excluding hydrogens is 196 g/mol. The van der Waals surface area contributed by atoms with Gasteiger partial charge in [-0.3, -0.25) is 9.97 Å². The van der Waals surface area contributed by atoms with Gasteiger partial charge in [-0.15, -0.1) is 0 Å². The molecule has 0 bridgehead atoms. The number of pyridine rings is 2. The first kappa shape index (κ1) is 12.4. The summed E-state index contributed by atoms with van der Waals surface area (Å²) in [5.41, 5.74) is 4.93. The molecule has 16 heavy (non-hydrogen) atoms. The van der Waals surface area contributed by atoms with Crippen LogP contribution in [0.3, 0.4) is 0 Å². The normalized spacial score (nSPS) is 9.25. The van der Waals surface area contributed by atoms with Crippen molar-refractivity contribution in [3.05, 3.63) is 59.2 Å². The highest BCUT2D eigenvalue weighted by Gasteiger charge is 1.85. The topological polar surface area (TPSA) is 25.8 Å². The Kier molecular flexibility index (Phi) is 4.65. The molecule has 0 saturated heterocycles. The smallest absolute Gasteiger partial charge is 0.0375 e. The van der Waals surface area contributed by atoms with E-state index >= 15 is 0 Å². The van der Waals surface area contributed by atoms with Gasteiger partial charge in [0, 0.05) is 24.3 Å². The molecule has 2 heterocycles. The van der Waals surface area contributed by atoms with Crippen molar-refractivity contribution in [2.24, 2.45) is 0 Å². The van der Waals surface area contributed by atoms with Gasteiger partial charge in [0.1, 0.15) is 0 Å². The van der Waals surface area contributed by atoms with Crippen LogP contribution in [0.25, 0.3) is 0 Å². The van der Waals surface area contributed by atoms with E-state index in [-0.39, 0.29) is 0 Å². The number of rotatable bonds is 0. The second kappa shape index (κ2) is 6.01. The fraction of sp³-hybridized carbons (Fsp3) is 0.286. The van der Waals surface area contributed by atoms with Gasteiger partial charge in [0.05, 0.1) is 0 Å². The van der Waals surface area contributed by atoms with E-state index in [2.05, 4.69) is 36.8 Å². The van der Waals surface area contributed by atoms with Gasteiger partial charge in [-0.25, -0.2) is 0 Å². The zero-order valence-electron chi connectivity index (χ0n) is 10.4. The highest BCUT2D eigenvalue weighted by atomic mass is 14.6. The first-order valence-electron chi connectivity index (χ1n) is 5.36. The first-order chi connectivity index (χ1) is 7.59. The summed E-state index contributed by atoms with van der Waals surface area (Å²) in [5, 5.41) is 0. The average Bonchev–Trinajstić information content (AvgIpc) is 2.23. The molecule has 0 spiro atoms. The third kappa shape index (κ3) is 4.22. The molecule has 0 aromatic carbocycles. The first-order valence-corrected chi connectivity index (χ1v) is 5.36. The van der Waals surface area contributed by atoms with Gasteiger partial charge in [-0.05, 0) is 62.6 Å². The quantitative estimate of drug-likeness (QED) is 0.671. The SMILES string of the molecule is Cc1ccnc(C)c1.Cc1ccncc1C. The van der Waals surface area contributed by atoms with Crippen molar-refractivity contribution in [2.75, 3.05) is 0 Å². The minimum Gasteiger partial charge on any atom is -0.264 e. The van der Waals surface area contributed by atoms with E-state index in [1.807, 2.05) is 37.6 Å². The Labute approximate surface area is 97.4 Å². The van der Waals surface area contributed by atoms with Crippen LogP contribution < -0.4 is 0 Å². The van der Waals surface area contributed by atoms with Crippen molar-refractivity contribution >= 4 is 0 Å². The number of hydrogen-bond acceptors (Lipinski definition) is 2. The van der Waals surface area contributed by atoms with Crippen molar-refractivity contribution in [1.29, 1.82) is 0 Å². The molecule has 0 atom stereocenters. The highest BCUT2D eigenvalue weighted by Crippen LogP contribution is 2.00. The summed E-state index contributed by atoms with van der Waals surface area (Å²) in [6.07, 6.45) is 5.50. The molecule has 84 valence electrons. The lowest BCUT2D eigenvalue weighted by molar-refractivity contribution is 1.18. The largest absolute Gasteiger partial charge is 0.264 e. The Morgan fingerprint density at radius 1 is 0.875 bits per heavy atom. The molecule has 0 N–H and O–H groups in total. The summed E-state index contributed by atoms with van der Waals surface area (Å²) in [7, 11) is 0. The van der Waals surface area contributed by atoms with Gasteiger partial charge in [-0.1, -0.05) is 0 Å². The number of aromatic nitrogens is 2. The van der Waals surface area contributed by atoms with Gasteiger partial charge in [0.2, 0.25) is 0 Å². The summed E-state index contributed by atoms with van der Waals surface area (Å²) in [6.45, 7) is 8.20. The van der Waals surface area contributed by atoms with Crippen LogP contribution in [0.15, 0.2) is 36.8 Å². The van der Waals surface area contributed by atoms with Crippen LogP contribution in [0.2, 0.25) is 0 Å². The molecule has 0 unspecified atom stereocenters. The van der Waals surface area contributed by atoms with Crippen LogP contribution >= 0.6 is 0 Å². The van der Waals surface area contributed by atoms with Crippen LogP contribution in [0.1, 0.15) is 22.4 Å². The third-order valence-electron chi connectivity index (χ3n) is 2.35. The number of aryl methyl sites for hydroxylation is 4. The maximum absolute atomic E-state index is 4.04. The lowest BCUT2D eigenvalue weighted by atomic mass is 10.2. The van der Waals surface area contributed by atoms with E-state index in [1.165, 1.54) is 16.7 Å². The molecule has 2 aromatic heterocycles. The Hall–Kier alpha value is -1.70. The van der Waals surface area contributed by atoms with E-state index in [1.54, 1.807) is 0 Å². The van der Waals surface area contributed by atoms with Crippen LogP contribution in [0, 0.1) is 27.7 Å².